The maximum Gasteiger partial charge on any atom is 0.481 e. The maximum atomic E-state index is 13.1. The minimum atomic E-state index is -5.31. The van der Waals surface area contributed by atoms with Crippen molar-refractivity contribution in [3.63, 3.8) is 0 Å². The lowest BCUT2D eigenvalue weighted by molar-refractivity contribution is -0.0558. The molecule has 288 valence electrons. The quantitative estimate of drug-likeness (QED) is 0.181. The second-order valence-electron chi connectivity index (χ2n) is 11.4. The fourth-order valence-electron chi connectivity index (χ4n) is 5.46. The van der Waals surface area contributed by atoms with Crippen LogP contribution in [0.5, 0.6) is 0 Å². The lowest BCUT2D eigenvalue weighted by atomic mass is 10.1. The summed E-state index contributed by atoms with van der Waals surface area (Å²) in [5.41, 5.74) is 4.50. The Kier molecular flexibility index (Phi) is 15.5. The number of anilines is 1. The van der Waals surface area contributed by atoms with Crippen LogP contribution in [0.4, 0.5) is 5.95 Å². The Morgan fingerprint density at radius 3 is 1.62 bits per heavy atom. The van der Waals surface area contributed by atoms with Crippen molar-refractivity contribution in [1.29, 1.82) is 0 Å². The molecular formula is C27H51N7O14P2. The van der Waals surface area contributed by atoms with Crippen LogP contribution in [-0.2, 0) is 32.0 Å². The molecule has 10 atom stereocenters. The highest BCUT2D eigenvalue weighted by Crippen LogP contribution is 2.60. The molecule has 0 spiro atoms. The van der Waals surface area contributed by atoms with Gasteiger partial charge in [-0.1, -0.05) is 41.5 Å². The lowest BCUT2D eigenvalue weighted by Crippen LogP contribution is -2.36. The number of aromatic nitrogens is 4. The third kappa shape index (κ3) is 9.94. The molecule has 2 unspecified atom stereocenters. The zero-order valence-corrected chi connectivity index (χ0v) is 30.7. The van der Waals surface area contributed by atoms with E-state index in [0.29, 0.717) is 0 Å². The average Bonchev–Trinajstić information content (AvgIpc) is 3.66. The van der Waals surface area contributed by atoms with Gasteiger partial charge >= 0.3 is 15.6 Å². The van der Waals surface area contributed by atoms with Crippen molar-refractivity contribution in [3.05, 3.63) is 16.7 Å². The fourth-order valence-corrected chi connectivity index (χ4v) is 7.55. The normalized spacial score (nSPS) is 34.4. The summed E-state index contributed by atoms with van der Waals surface area (Å²) >= 11 is 0. The highest BCUT2D eigenvalue weighted by atomic mass is 31.3. The minimum absolute atomic E-state index is 0.182. The molecule has 0 radical (unpaired) electrons. The molecular weight excluding hydrogens is 708 g/mol. The van der Waals surface area contributed by atoms with Gasteiger partial charge in [0.15, 0.2) is 23.6 Å². The summed E-state index contributed by atoms with van der Waals surface area (Å²) in [7, 11) is -10.6. The Balaban J connectivity index is 0.000000408. The molecule has 2 fully saturated rings. The Morgan fingerprint density at radius 2 is 1.20 bits per heavy atom. The standard InChI is InChI=1S/C15H21N5O14P2.2C6H15N/c16-15-18-6-11-17-3-19(12(6)25)13-9(23)7(21)4(32-13)1-30-35(26,27)34-36(28,29)31-2-5-8(22)10(24)14(33-5)20(11)15;2*1-4-7(5-2)6-3/h3-5,7-10,13-14,21-24H,1-2H2,(H2,16,18)(H,26,27)(H,28,29);2*4-6H2,1-3H3/t4-,5-,7-,8-,9-,10-,13-,14-;;/m1../s1. The zero-order chi connectivity index (χ0) is 37.6. The molecule has 50 heavy (non-hydrogen) atoms. The van der Waals surface area contributed by atoms with Gasteiger partial charge in [0.2, 0.25) is 5.95 Å². The van der Waals surface area contributed by atoms with E-state index < -0.39 is 83.5 Å². The van der Waals surface area contributed by atoms with Crippen molar-refractivity contribution in [2.75, 3.05) is 58.2 Å². The van der Waals surface area contributed by atoms with Crippen molar-refractivity contribution >= 4 is 32.8 Å². The number of rotatable bonds is 6. The molecule has 0 aromatic carbocycles. The number of aliphatic hydroxyl groups is 4. The fraction of sp³-hybridized carbons (Fsp3) is 0.815. The van der Waals surface area contributed by atoms with Crippen LogP contribution in [-0.4, -0.2) is 148 Å². The summed E-state index contributed by atoms with van der Waals surface area (Å²) < 4.78 is 50.4. The van der Waals surface area contributed by atoms with Gasteiger partial charge in [0.1, 0.15) is 43.0 Å². The molecule has 0 amide bonds. The van der Waals surface area contributed by atoms with Crippen LogP contribution >= 0.6 is 15.6 Å². The number of nitrogens with zero attached hydrogens (tertiary/aromatic N) is 6. The molecule has 23 heteroatoms. The van der Waals surface area contributed by atoms with E-state index in [1.807, 2.05) is 0 Å². The van der Waals surface area contributed by atoms with E-state index in [2.05, 4.69) is 74.7 Å². The van der Waals surface area contributed by atoms with Crippen LogP contribution in [0.2, 0.25) is 0 Å². The predicted octanol–water partition coefficient (Wildman–Crippen LogP) is -0.626. The first kappa shape index (κ1) is 42.5. The van der Waals surface area contributed by atoms with Gasteiger partial charge in [-0.3, -0.25) is 23.0 Å². The van der Waals surface area contributed by atoms with Gasteiger partial charge in [-0.05, 0) is 39.3 Å². The summed E-state index contributed by atoms with van der Waals surface area (Å²) in [6.07, 6.45) is -12.0. The molecule has 8 bridgehead atoms. The highest BCUT2D eigenvalue weighted by Gasteiger charge is 2.49. The summed E-state index contributed by atoms with van der Waals surface area (Å²) in [6.45, 7) is 18.4. The number of nitrogen functional groups attached to an aromatic ring is 1. The Labute approximate surface area is 289 Å². The van der Waals surface area contributed by atoms with E-state index in [-0.39, 0.29) is 17.1 Å². The van der Waals surface area contributed by atoms with Gasteiger partial charge < -0.3 is 55.2 Å². The van der Waals surface area contributed by atoms with Crippen molar-refractivity contribution in [2.24, 2.45) is 0 Å². The third-order valence-electron chi connectivity index (χ3n) is 8.55. The Hall–Kier alpha value is -1.91. The van der Waals surface area contributed by atoms with Crippen LogP contribution in [0, 0.1) is 0 Å². The van der Waals surface area contributed by atoms with E-state index in [1.165, 1.54) is 39.3 Å². The van der Waals surface area contributed by atoms with Gasteiger partial charge in [0, 0.05) is 0 Å². The smallest absolute Gasteiger partial charge is 0.387 e. The topological polar surface area (TPSA) is 287 Å². The summed E-state index contributed by atoms with van der Waals surface area (Å²) in [4.78, 5) is 45.5. The molecule has 6 rings (SSSR count). The molecule has 0 saturated carbocycles. The van der Waals surface area contributed by atoms with Crippen LogP contribution in [0.1, 0.15) is 54.0 Å². The Morgan fingerprint density at radius 1 is 0.780 bits per heavy atom. The molecule has 2 aromatic rings. The van der Waals surface area contributed by atoms with Gasteiger partial charge in [-0.2, -0.15) is 4.31 Å². The zero-order valence-electron chi connectivity index (χ0n) is 29.0. The van der Waals surface area contributed by atoms with Crippen LogP contribution in [0.25, 0.3) is 11.2 Å². The number of phosphoric acid groups is 2. The van der Waals surface area contributed by atoms with Crippen molar-refractivity contribution in [3.8, 4) is 0 Å². The molecule has 8 N–H and O–H groups in total. The number of imidazole rings is 1. The number of phosphoric ester groups is 2. The maximum absolute atomic E-state index is 13.1. The first-order valence-electron chi connectivity index (χ1n) is 16.4. The molecule has 4 aliphatic rings. The highest BCUT2D eigenvalue weighted by molar-refractivity contribution is 7.61. The van der Waals surface area contributed by atoms with Gasteiger partial charge in [0.25, 0.3) is 5.56 Å². The summed E-state index contributed by atoms with van der Waals surface area (Å²) in [6, 6.07) is 0. The van der Waals surface area contributed by atoms with Crippen molar-refractivity contribution in [2.45, 2.75) is 90.6 Å². The predicted molar refractivity (Wildman–Crippen MR) is 178 cm³/mol. The van der Waals surface area contributed by atoms with Crippen molar-refractivity contribution in [1.82, 2.24) is 28.9 Å². The lowest BCUT2D eigenvalue weighted by Gasteiger charge is -2.21. The number of aliphatic hydroxyl groups excluding tert-OH is 4. The molecule has 4 aliphatic heterocycles. The van der Waals surface area contributed by atoms with Crippen LogP contribution in [0.3, 0.4) is 0 Å². The second-order valence-corrected chi connectivity index (χ2v) is 14.5. The molecule has 6 heterocycles. The molecule has 0 aliphatic carbocycles. The first-order chi connectivity index (χ1) is 23.5. The van der Waals surface area contributed by atoms with E-state index in [4.69, 9.17) is 15.2 Å². The summed E-state index contributed by atoms with van der Waals surface area (Å²) in [5, 5.41) is 41.6. The van der Waals surface area contributed by atoms with Gasteiger partial charge in [-0.25, -0.2) is 19.1 Å². The van der Waals surface area contributed by atoms with Gasteiger partial charge in [0.05, 0.1) is 13.2 Å². The first-order valence-corrected chi connectivity index (χ1v) is 19.4. The minimum Gasteiger partial charge on any atom is -0.387 e. The second kappa shape index (κ2) is 18.2. The van der Waals surface area contributed by atoms with Crippen LogP contribution < -0.4 is 11.3 Å². The SMILES string of the molecule is CCN(CC)CC.CCN(CC)CC.Nc1nc2c(=O)n3cnc2n1[C@@H]1O[C@H](COP(=O)(O)OP(=O)(O)OC[C@H]2O[C@@H]3[C@H](O)[C@@H]2O)[C@@H](O)[C@H]1O. The van der Waals surface area contributed by atoms with Gasteiger partial charge in [-0.15, -0.1) is 0 Å². The number of hydrogen-bond donors (Lipinski definition) is 7. The molecule has 2 aromatic heterocycles. The van der Waals surface area contributed by atoms with Crippen molar-refractivity contribution < 1.29 is 62.2 Å². The van der Waals surface area contributed by atoms with Crippen LogP contribution in [0.15, 0.2) is 11.1 Å². The summed E-state index contributed by atoms with van der Waals surface area (Å²) in [5.74, 6) is -0.361. The molecule has 2 saturated heterocycles. The average molecular weight is 760 g/mol. The van der Waals surface area contributed by atoms with E-state index in [0.717, 1.165) is 15.5 Å². The Bertz CT molecular complexity index is 1520. The number of nitrogens with two attached hydrogens (primary N) is 1. The third-order valence-corrected chi connectivity index (χ3v) is 11.2. The number of ether oxygens (including phenoxy) is 2. The monoisotopic (exact) mass is 759 g/mol. The number of fused-ring (bicyclic) bond motifs is 7. The van der Waals surface area contributed by atoms with E-state index in [9.17, 15) is 44.1 Å². The van der Waals surface area contributed by atoms with E-state index >= 15 is 0 Å². The molecule has 21 nitrogen and oxygen atoms in total. The largest absolute Gasteiger partial charge is 0.481 e. The van der Waals surface area contributed by atoms with E-state index in [1.54, 1.807) is 0 Å². The number of hydrogen-bond acceptors (Lipinski definition) is 17.